The second-order valence-corrected chi connectivity index (χ2v) is 5.74. The molecule has 1 heterocycles. The summed E-state index contributed by atoms with van der Waals surface area (Å²) in [5.74, 6) is 1.85. The molecule has 1 saturated heterocycles. The molecule has 0 aromatic heterocycles. The van der Waals surface area contributed by atoms with Crippen molar-refractivity contribution in [2.75, 3.05) is 39.3 Å². The molecule has 3 rings (SSSR count). The highest BCUT2D eigenvalue weighted by atomic mass is 16.5. The summed E-state index contributed by atoms with van der Waals surface area (Å²) >= 11 is 0. The van der Waals surface area contributed by atoms with Crippen LogP contribution in [0.5, 0.6) is 5.75 Å². The first kappa shape index (κ1) is 12.9. The summed E-state index contributed by atoms with van der Waals surface area (Å²) in [5.41, 5.74) is 1.41. The average molecular weight is 260 g/mol. The van der Waals surface area contributed by atoms with E-state index < -0.39 is 0 Å². The van der Waals surface area contributed by atoms with Gasteiger partial charge in [0.05, 0.1) is 6.61 Å². The lowest BCUT2D eigenvalue weighted by molar-refractivity contribution is 0.244. The molecule has 0 radical (unpaired) electrons. The van der Waals surface area contributed by atoms with E-state index in [0.29, 0.717) is 0 Å². The van der Waals surface area contributed by atoms with Crippen LogP contribution in [-0.2, 0) is 6.42 Å². The zero-order valence-electron chi connectivity index (χ0n) is 11.6. The van der Waals surface area contributed by atoms with Crippen molar-refractivity contribution in [2.24, 2.45) is 5.92 Å². The van der Waals surface area contributed by atoms with Gasteiger partial charge in [0.15, 0.2) is 0 Å². The van der Waals surface area contributed by atoms with Gasteiger partial charge in [0.2, 0.25) is 0 Å². The van der Waals surface area contributed by atoms with E-state index in [1.165, 1.54) is 38.0 Å². The molecule has 1 aliphatic heterocycles. The van der Waals surface area contributed by atoms with E-state index in [9.17, 15) is 0 Å². The van der Waals surface area contributed by atoms with Crippen LogP contribution in [0.3, 0.4) is 0 Å². The third kappa shape index (κ3) is 4.22. The van der Waals surface area contributed by atoms with E-state index in [4.69, 9.17) is 4.74 Å². The van der Waals surface area contributed by atoms with Crippen molar-refractivity contribution in [3.8, 4) is 5.75 Å². The fraction of sp³-hybridized carbons (Fsp3) is 0.625. The van der Waals surface area contributed by atoms with Crippen molar-refractivity contribution >= 4 is 0 Å². The topological polar surface area (TPSA) is 24.5 Å². The van der Waals surface area contributed by atoms with E-state index in [2.05, 4.69) is 34.5 Å². The molecule has 0 amide bonds. The second-order valence-electron chi connectivity index (χ2n) is 5.74. The van der Waals surface area contributed by atoms with E-state index in [1.54, 1.807) is 0 Å². The van der Waals surface area contributed by atoms with Crippen LogP contribution in [0.1, 0.15) is 18.4 Å². The highest BCUT2D eigenvalue weighted by Crippen LogP contribution is 2.29. The van der Waals surface area contributed by atoms with Crippen molar-refractivity contribution in [1.29, 1.82) is 0 Å². The molecule has 0 atom stereocenters. The van der Waals surface area contributed by atoms with E-state index in [1.807, 2.05) is 0 Å². The van der Waals surface area contributed by atoms with Crippen LogP contribution < -0.4 is 10.1 Å². The summed E-state index contributed by atoms with van der Waals surface area (Å²) in [5, 5.41) is 3.39. The monoisotopic (exact) mass is 260 g/mol. The van der Waals surface area contributed by atoms with E-state index in [0.717, 1.165) is 37.8 Å². The van der Waals surface area contributed by atoms with Gasteiger partial charge in [0, 0.05) is 32.7 Å². The van der Waals surface area contributed by atoms with Gasteiger partial charge in [-0.2, -0.15) is 0 Å². The van der Waals surface area contributed by atoms with E-state index >= 15 is 0 Å². The number of hydrogen-bond acceptors (Lipinski definition) is 3. The minimum atomic E-state index is 0.826. The zero-order chi connectivity index (χ0) is 12.9. The molecule has 3 heteroatoms. The lowest BCUT2D eigenvalue weighted by Gasteiger charge is -2.27. The molecule has 0 bridgehead atoms. The molecule has 19 heavy (non-hydrogen) atoms. The van der Waals surface area contributed by atoms with Crippen molar-refractivity contribution in [3.05, 3.63) is 29.8 Å². The van der Waals surface area contributed by atoms with Gasteiger partial charge < -0.3 is 15.0 Å². The Morgan fingerprint density at radius 2 is 1.84 bits per heavy atom. The van der Waals surface area contributed by atoms with Crippen molar-refractivity contribution in [2.45, 2.75) is 19.3 Å². The lowest BCUT2D eigenvalue weighted by Crippen LogP contribution is -2.44. The molecular formula is C16H24N2O. The Morgan fingerprint density at radius 3 is 2.53 bits per heavy atom. The third-order valence-corrected chi connectivity index (χ3v) is 4.03. The van der Waals surface area contributed by atoms with Crippen molar-refractivity contribution in [3.63, 3.8) is 0 Å². The molecule has 0 spiro atoms. The summed E-state index contributed by atoms with van der Waals surface area (Å²) in [6.45, 7) is 6.71. The highest BCUT2D eigenvalue weighted by molar-refractivity contribution is 5.27. The lowest BCUT2D eigenvalue weighted by atomic mass is 10.1. The number of piperazine rings is 1. The SMILES string of the molecule is c1cc(OCC2CC2)ccc1CCN1CCNCC1. The Balaban J connectivity index is 1.42. The molecule has 1 aliphatic carbocycles. The second kappa shape index (κ2) is 6.40. The van der Waals surface area contributed by atoms with Gasteiger partial charge >= 0.3 is 0 Å². The first-order valence-electron chi connectivity index (χ1n) is 7.55. The maximum atomic E-state index is 5.76. The Labute approximate surface area is 115 Å². The van der Waals surface area contributed by atoms with Gasteiger partial charge in [0.1, 0.15) is 5.75 Å². The summed E-state index contributed by atoms with van der Waals surface area (Å²) < 4.78 is 5.76. The molecular weight excluding hydrogens is 236 g/mol. The van der Waals surface area contributed by atoms with Crippen molar-refractivity contribution < 1.29 is 4.74 Å². The van der Waals surface area contributed by atoms with Gasteiger partial charge in [-0.25, -0.2) is 0 Å². The fourth-order valence-corrected chi connectivity index (χ4v) is 2.47. The molecule has 0 unspecified atom stereocenters. The maximum absolute atomic E-state index is 5.76. The largest absolute Gasteiger partial charge is 0.493 e. The smallest absolute Gasteiger partial charge is 0.119 e. The van der Waals surface area contributed by atoms with Gasteiger partial charge in [-0.05, 0) is 42.9 Å². The Kier molecular flexibility index (Phi) is 4.36. The van der Waals surface area contributed by atoms with Gasteiger partial charge in [-0.3, -0.25) is 0 Å². The quantitative estimate of drug-likeness (QED) is 0.846. The fourth-order valence-electron chi connectivity index (χ4n) is 2.47. The molecule has 104 valence electrons. The predicted octanol–water partition coefficient (Wildman–Crippen LogP) is 1.92. The summed E-state index contributed by atoms with van der Waals surface area (Å²) in [7, 11) is 0. The number of rotatable bonds is 6. The first-order valence-corrected chi connectivity index (χ1v) is 7.55. The number of hydrogen-bond donors (Lipinski definition) is 1. The number of nitrogens with one attached hydrogen (secondary N) is 1. The highest BCUT2D eigenvalue weighted by Gasteiger charge is 2.21. The molecule has 2 aliphatic rings. The van der Waals surface area contributed by atoms with Crippen LogP contribution in [0.2, 0.25) is 0 Å². The molecule has 2 fully saturated rings. The number of nitrogens with zero attached hydrogens (tertiary/aromatic N) is 1. The molecule has 1 N–H and O–H groups in total. The number of ether oxygens (including phenoxy) is 1. The first-order chi connectivity index (χ1) is 9.40. The van der Waals surface area contributed by atoms with Gasteiger partial charge in [-0.1, -0.05) is 12.1 Å². The summed E-state index contributed by atoms with van der Waals surface area (Å²) in [6.07, 6.45) is 3.84. The Morgan fingerprint density at radius 1 is 1.11 bits per heavy atom. The molecule has 3 nitrogen and oxygen atoms in total. The maximum Gasteiger partial charge on any atom is 0.119 e. The standard InChI is InChI=1S/C16H24N2O/c1-2-15(1)13-19-16-5-3-14(4-6-16)7-10-18-11-8-17-9-12-18/h3-6,15,17H,1-2,7-13H2. The van der Waals surface area contributed by atoms with Crippen LogP contribution in [0.4, 0.5) is 0 Å². The van der Waals surface area contributed by atoms with Gasteiger partial charge in [0.25, 0.3) is 0 Å². The Hall–Kier alpha value is -1.06. The van der Waals surface area contributed by atoms with Crippen LogP contribution in [0, 0.1) is 5.92 Å². The summed E-state index contributed by atoms with van der Waals surface area (Å²) in [6, 6.07) is 8.67. The third-order valence-electron chi connectivity index (χ3n) is 4.03. The minimum Gasteiger partial charge on any atom is -0.493 e. The predicted molar refractivity (Wildman–Crippen MR) is 77.7 cm³/mol. The van der Waals surface area contributed by atoms with Crippen molar-refractivity contribution in [1.82, 2.24) is 10.2 Å². The normalized spacial score (nSPS) is 20.4. The number of benzene rings is 1. The molecule has 1 saturated carbocycles. The zero-order valence-corrected chi connectivity index (χ0v) is 11.6. The Bertz CT molecular complexity index is 380. The van der Waals surface area contributed by atoms with Crippen LogP contribution in [0.15, 0.2) is 24.3 Å². The molecule has 1 aromatic carbocycles. The van der Waals surface area contributed by atoms with Crippen LogP contribution in [0.25, 0.3) is 0 Å². The minimum absolute atomic E-state index is 0.826. The van der Waals surface area contributed by atoms with E-state index in [-0.39, 0.29) is 0 Å². The van der Waals surface area contributed by atoms with Crippen LogP contribution in [-0.4, -0.2) is 44.2 Å². The van der Waals surface area contributed by atoms with Crippen LogP contribution >= 0.6 is 0 Å². The molecule has 1 aromatic rings. The van der Waals surface area contributed by atoms with Gasteiger partial charge in [-0.15, -0.1) is 0 Å². The summed E-state index contributed by atoms with van der Waals surface area (Å²) in [4.78, 5) is 2.54. The average Bonchev–Trinajstić information content (AvgIpc) is 3.29.